The Hall–Kier alpha value is -2.66. The van der Waals surface area contributed by atoms with Gasteiger partial charge in [0.05, 0.1) is 13.5 Å². The van der Waals surface area contributed by atoms with Gasteiger partial charge in [-0.2, -0.15) is 0 Å². The number of benzene rings is 2. The van der Waals surface area contributed by atoms with Gasteiger partial charge in [0, 0.05) is 32.0 Å². The maximum absolute atomic E-state index is 13.2. The van der Waals surface area contributed by atoms with Crippen LogP contribution in [0.15, 0.2) is 60.7 Å². The zero-order valence-electron chi connectivity index (χ0n) is 17.0. The van der Waals surface area contributed by atoms with E-state index in [1.54, 1.807) is 4.90 Å². The minimum absolute atomic E-state index is 0.0186. The third kappa shape index (κ3) is 6.82. The first-order valence-corrected chi connectivity index (χ1v) is 9.60. The number of likely N-dealkylation sites (N-methyl/N-ethyl adjacent to an activating group) is 1. The van der Waals surface area contributed by atoms with Crippen LogP contribution in [0, 0.1) is 0 Å². The zero-order valence-corrected chi connectivity index (χ0v) is 17.0. The van der Waals surface area contributed by atoms with Crippen molar-refractivity contribution < 1.29 is 14.3 Å². The maximum Gasteiger partial charge on any atom is 0.307 e. The molecule has 0 heterocycles. The predicted molar refractivity (Wildman–Crippen MR) is 111 cm³/mol. The molecule has 0 N–H and O–H groups in total. The van der Waals surface area contributed by atoms with E-state index in [1.165, 1.54) is 7.11 Å². The summed E-state index contributed by atoms with van der Waals surface area (Å²) in [6.45, 7) is 1.70. The van der Waals surface area contributed by atoms with Crippen molar-refractivity contribution in [2.24, 2.45) is 0 Å². The molecule has 0 spiro atoms. The average molecular weight is 383 g/mol. The minimum atomic E-state index is -0.301. The number of rotatable bonds is 10. The van der Waals surface area contributed by atoms with Crippen LogP contribution in [-0.4, -0.2) is 62.5 Å². The topological polar surface area (TPSA) is 49.9 Å². The highest BCUT2D eigenvalue weighted by molar-refractivity contribution is 5.78. The second kappa shape index (κ2) is 11.2. The zero-order chi connectivity index (χ0) is 20.4. The lowest BCUT2D eigenvalue weighted by atomic mass is 9.88. The predicted octanol–water partition coefficient (Wildman–Crippen LogP) is 3.16. The van der Waals surface area contributed by atoms with Crippen molar-refractivity contribution in [2.75, 3.05) is 40.8 Å². The van der Waals surface area contributed by atoms with Crippen LogP contribution in [0.5, 0.6) is 0 Å². The Kier molecular flexibility index (Phi) is 8.69. The standard InChI is InChI=1S/C23H30N2O3/c1-24(2)16-17-25(15-14-23(27)28-3)22(26)18-21(19-10-6-4-7-11-19)20-12-8-5-9-13-20/h4-13,21H,14-18H2,1-3H3. The molecule has 0 saturated carbocycles. The Bertz CT molecular complexity index is 693. The van der Waals surface area contributed by atoms with Crippen LogP contribution in [0.1, 0.15) is 29.9 Å². The smallest absolute Gasteiger partial charge is 0.307 e. The Morgan fingerprint density at radius 2 is 1.39 bits per heavy atom. The molecule has 0 aliphatic carbocycles. The van der Waals surface area contributed by atoms with Crippen molar-refractivity contribution >= 4 is 11.9 Å². The van der Waals surface area contributed by atoms with E-state index in [9.17, 15) is 9.59 Å². The SMILES string of the molecule is COC(=O)CCN(CCN(C)C)C(=O)CC(c1ccccc1)c1ccccc1. The first-order chi connectivity index (χ1) is 13.5. The summed E-state index contributed by atoms with van der Waals surface area (Å²) >= 11 is 0. The van der Waals surface area contributed by atoms with Gasteiger partial charge in [0.15, 0.2) is 0 Å². The molecule has 1 amide bonds. The molecule has 0 bridgehead atoms. The van der Waals surface area contributed by atoms with Gasteiger partial charge in [-0.25, -0.2) is 0 Å². The highest BCUT2D eigenvalue weighted by atomic mass is 16.5. The number of methoxy groups -OCH3 is 1. The molecule has 0 atom stereocenters. The van der Waals surface area contributed by atoms with Gasteiger partial charge in [-0.3, -0.25) is 9.59 Å². The molecule has 0 fully saturated rings. The summed E-state index contributed by atoms with van der Waals surface area (Å²) in [5.74, 6) is -0.274. The molecule has 0 radical (unpaired) electrons. The summed E-state index contributed by atoms with van der Waals surface area (Å²) < 4.78 is 4.74. The van der Waals surface area contributed by atoms with Crippen molar-refractivity contribution in [1.82, 2.24) is 9.80 Å². The Labute approximate surface area is 167 Å². The number of carbonyl (C=O) groups excluding carboxylic acids is 2. The number of nitrogens with zero attached hydrogens (tertiary/aromatic N) is 2. The van der Waals surface area contributed by atoms with Gasteiger partial charge in [0.2, 0.25) is 5.91 Å². The lowest BCUT2D eigenvalue weighted by Gasteiger charge is -2.27. The monoisotopic (exact) mass is 382 g/mol. The van der Waals surface area contributed by atoms with Gasteiger partial charge in [-0.05, 0) is 25.2 Å². The van der Waals surface area contributed by atoms with Crippen LogP contribution < -0.4 is 0 Å². The minimum Gasteiger partial charge on any atom is -0.469 e. The Morgan fingerprint density at radius 1 is 0.857 bits per heavy atom. The largest absolute Gasteiger partial charge is 0.469 e. The lowest BCUT2D eigenvalue weighted by molar-refractivity contribution is -0.141. The van der Waals surface area contributed by atoms with Crippen LogP contribution >= 0.6 is 0 Å². The Balaban J connectivity index is 2.18. The first-order valence-electron chi connectivity index (χ1n) is 9.60. The maximum atomic E-state index is 13.2. The highest BCUT2D eigenvalue weighted by Crippen LogP contribution is 2.28. The van der Waals surface area contributed by atoms with Gasteiger partial charge in [0.25, 0.3) is 0 Å². The molecule has 2 aromatic carbocycles. The third-order valence-corrected chi connectivity index (χ3v) is 4.77. The summed E-state index contributed by atoms with van der Waals surface area (Å²) in [5, 5.41) is 0. The number of ether oxygens (including phenoxy) is 1. The molecule has 2 rings (SSSR count). The lowest BCUT2D eigenvalue weighted by Crippen LogP contribution is -2.38. The molecule has 5 heteroatoms. The van der Waals surface area contributed by atoms with Crippen LogP contribution in [0.25, 0.3) is 0 Å². The van der Waals surface area contributed by atoms with Crippen molar-refractivity contribution in [3.8, 4) is 0 Å². The molecular weight excluding hydrogens is 352 g/mol. The summed E-state index contributed by atoms with van der Waals surface area (Å²) in [6.07, 6.45) is 0.569. The summed E-state index contributed by atoms with van der Waals surface area (Å²) in [4.78, 5) is 28.5. The van der Waals surface area contributed by atoms with E-state index in [1.807, 2.05) is 55.4 Å². The molecule has 2 aromatic rings. The third-order valence-electron chi connectivity index (χ3n) is 4.77. The van der Waals surface area contributed by atoms with Crippen LogP contribution in [-0.2, 0) is 14.3 Å². The van der Waals surface area contributed by atoms with Crippen LogP contribution in [0.3, 0.4) is 0 Å². The highest BCUT2D eigenvalue weighted by Gasteiger charge is 2.22. The molecule has 0 aliphatic rings. The molecule has 0 aliphatic heterocycles. The molecule has 5 nitrogen and oxygen atoms in total. The van der Waals surface area contributed by atoms with E-state index in [0.29, 0.717) is 19.5 Å². The summed E-state index contributed by atoms with van der Waals surface area (Å²) in [6, 6.07) is 20.2. The number of esters is 1. The summed E-state index contributed by atoms with van der Waals surface area (Å²) in [5.41, 5.74) is 2.23. The summed E-state index contributed by atoms with van der Waals surface area (Å²) in [7, 11) is 5.31. The van der Waals surface area contributed by atoms with Crippen molar-refractivity contribution in [1.29, 1.82) is 0 Å². The van der Waals surface area contributed by atoms with Crippen molar-refractivity contribution in [2.45, 2.75) is 18.8 Å². The first kappa shape index (κ1) is 21.6. The van der Waals surface area contributed by atoms with E-state index in [2.05, 4.69) is 24.3 Å². The fraction of sp³-hybridized carbons (Fsp3) is 0.391. The van der Waals surface area contributed by atoms with E-state index in [4.69, 9.17) is 4.74 Å². The van der Waals surface area contributed by atoms with E-state index < -0.39 is 0 Å². The van der Waals surface area contributed by atoms with Gasteiger partial charge in [-0.1, -0.05) is 60.7 Å². The van der Waals surface area contributed by atoms with E-state index in [-0.39, 0.29) is 24.2 Å². The number of hydrogen-bond donors (Lipinski definition) is 0. The molecule has 150 valence electrons. The fourth-order valence-corrected chi connectivity index (χ4v) is 3.11. The van der Waals surface area contributed by atoms with Gasteiger partial charge >= 0.3 is 5.97 Å². The van der Waals surface area contributed by atoms with Crippen molar-refractivity contribution in [3.63, 3.8) is 0 Å². The number of amides is 1. The van der Waals surface area contributed by atoms with Gasteiger partial charge in [-0.15, -0.1) is 0 Å². The second-order valence-electron chi connectivity index (χ2n) is 7.09. The molecular formula is C23H30N2O3. The van der Waals surface area contributed by atoms with Crippen LogP contribution in [0.2, 0.25) is 0 Å². The quantitative estimate of drug-likeness (QED) is 0.592. The molecule has 0 saturated heterocycles. The average Bonchev–Trinajstić information content (AvgIpc) is 2.72. The molecule has 0 aromatic heterocycles. The molecule has 28 heavy (non-hydrogen) atoms. The van der Waals surface area contributed by atoms with Crippen LogP contribution in [0.4, 0.5) is 0 Å². The Morgan fingerprint density at radius 3 is 1.86 bits per heavy atom. The second-order valence-corrected chi connectivity index (χ2v) is 7.09. The number of hydrogen-bond acceptors (Lipinski definition) is 4. The number of carbonyl (C=O) groups is 2. The molecule has 0 unspecified atom stereocenters. The van der Waals surface area contributed by atoms with Gasteiger partial charge < -0.3 is 14.5 Å². The van der Waals surface area contributed by atoms with Crippen molar-refractivity contribution in [3.05, 3.63) is 71.8 Å². The van der Waals surface area contributed by atoms with Gasteiger partial charge in [0.1, 0.15) is 0 Å². The van der Waals surface area contributed by atoms with E-state index in [0.717, 1.165) is 17.7 Å². The van der Waals surface area contributed by atoms with E-state index >= 15 is 0 Å². The normalized spacial score (nSPS) is 10.9. The fourth-order valence-electron chi connectivity index (χ4n) is 3.11.